The average molecular weight is 170 g/mol. The third-order valence-corrected chi connectivity index (χ3v) is 2.71. The van der Waals surface area contributed by atoms with Crippen molar-refractivity contribution < 1.29 is 9.53 Å². The Bertz CT molecular complexity index is 173. The number of rotatable bonds is 4. The second-order valence-corrected chi connectivity index (χ2v) is 4.06. The number of hydrogen-bond acceptors (Lipinski definition) is 2. The minimum Gasteiger partial charge on any atom is -0.377 e. The van der Waals surface area contributed by atoms with Gasteiger partial charge in [-0.05, 0) is 6.42 Å². The molecule has 2 heteroatoms. The Morgan fingerprint density at radius 2 is 2.25 bits per heavy atom. The summed E-state index contributed by atoms with van der Waals surface area (Å²) in [6.07, 6.45) is 3.05. The highest BCUT2D eigenvalue weighted by atomic mass is 16.5. The number of hydrogen-bond donors (Lipinski definition) is 0. The monoisotopic (exact) mass is 170 g/mol. The molecule has 1 unspecified atom stereocenters. The highest BCUT2D eigenvalue weighted by Gasteiger charge is 2.47. The molecule has 1 aliphatic rings. The van der Waals surface area contributed by atoms with Crippen molar-refractivity contribution in [3.63, 3.8) is 0 Å². The minimum absolute atomic E-state index is 0.177. The first-order valence-corrected chi connectivity index (χ1v) is 4.74. The van der Waals surface area contributed by atoms with E-state index < -0.39 is 0 Å². The van der Waals surface area contributed by atoms with Crippen molar-refractivity contribution in [2.45, 2.75) is 46.1 Å². The standard InChI is InChI=1S/C10H18O2/c1-4-5-6-12-9-7-8(11)10(9,2)3/h9H,4-7H2,1-3H3. The number of unbranched alkanes of at least 4 members (excludes halogenated alkanes) is 1. The molecule has 0 aromatic rings. The Labute approximate surface area is 74.3 Å². The zero-order chi connectivity index (χ0) is 9.19. The molecule has 1 atom stereocenters. The lowest BCUT2D eigenvalue weighted by Crippen LogP contribution is -2.51. The molecule has 0 amide bonds. The third-order valence-electron chi connectivity index (χ3n) is 2.71. The van der Waals surface area contributed by atoms with Gasteiger partial charge in [-0.15, -0.1) is 0 Å². The summed E-state index contributed by atoms with van der Waals surface area (Å²) in [6, 6.07) is 0. The predicted molar refractivity (Wildman–Crippen MR) is 48.1 cm³/mol. The number of Topliss-reactive ketones (excluding diaryl/α,β-unsaturated/α-hetero) is 1. The van der Waals surface area contributed by atoms with Gasteiger partial charge in [0.05, 0.1) is 11.5 Å². The molecule has 0 bridgehead atoms. The van der Waals surface area contributed by atoms with Gasteiger partial charge in [0.25, 0.3) is 0 Å². The van der Waals surface area contributed by atoms with Crippen LogP contribution in [-0.2, 0) is 9.53 Å². The molecule has 1 rings (SSSR count). The van der Waals surface area contributed by atoms with E-state index in [0.717, 1.165) is 19.4 Å². The Kier molecular flexibility index (Phi) is 2.89. The lowest BCUT2D eigenvalue weighted by Gasteiger charge is -2.41. The fourth-order valence-electron chi connectivity index (χ4n) is 1.37. The second kappa shape index (κ2) is 3.56. The van der Waals surface area contributed by atoms with Crippen LogP contribution in [0.5, 0.6) is 0 Å². The summed E-state index contributed by atoms with van der Waals surface area (Å²) >= 11 is 0. The number of ketones is 1. The van der Waals surface area contributed by atoms with E-state index in [9.17, 15) is 4.79 Å². The molecular weight excluding hydrogens is 152 g/mol. The molecule has 0 N–H and O–H groups in total. The Morgan fingerprint density at radius 3 is 2.67 bits per heavy atom. The van der Waals surface area contributed by atoms with Crippen molar-refractivity contribution in [2.24, 2.45) is 5.41 Å². The Hall–Kier alpha value is -0.370. The zero-order valence-electron chi connectivity index (χ0n) is 8.22. The summed E-state index contributed by atoms with van der Waals surface area (Å²) in [4.78, 5) is 11.1. The number of ether oxygens (including phenoxy) is 1. The predicted octanol–water partition coefficient (Wildman–Crippen LogP) is 2.17. The largest absolute Gasteiger partial charge is 0.377 e. The van der Waals surface area contributed by atoms with Gasteiger partial charge in [0.1, 0.15) is 5.78 Å². The topological polar surface area (TPSA) is 26.3 Å². The van der Waals surface area contributed by atoms with Crippen LogP contribution >= 0.6 is 0 Å². The quantitative estimate of drug-likeness (QED) is 0.604. The van der Waals surface area contributed by atoms with Gasteiger partial charge in [-0.3, -0.25) is 4.79 Å². The van der Waals surface area contributed by atoms with Gasteiger partial charge in [-0.1, -0.05) is 27.2 Å². The van der Waals surface area contributed by atoms with Crippen molar-refractivity contribution in [3.8, 4) is 0 Å². The Balaban J connectivity index is 2.23. The molecule has 0 heterocycles. The van der Waals surface area contributed by atoms with E-state index in [0.29, 0.717) is 12.2 Å². The first-order valence-electron chi connectivity index (χ1n) is 4.74. The molecule has 70 valence electrons. The van der Waals surface area contributed by atoms with E-state index in [-0.39, 0.29) is 11.5 Å². The van der Waals surface area contributed by atoms with Crippen molar-refractivity contribution in [3.05, 3.63) is 0 Å². The second-order valence-electron chi connectivity index (χ2n) is 4.06. The van der Waals surface area contributed by atoms with Crippen molar-refractivity contribution in [2.75, 3.05) is 6.61 Å². The summed E-state index contributed by atoms with van der Waals surface area (Å²) in [7, 11) is 0. The Morgan fingerprint density at radius 1 is 1.58 bits per heavy atom. The van der Waals surface area contributed by atoms with Gasteiger partial charge in [-0.25, -0.2) is 0 Å². The molecule has 0 saturated heterocycles. The molecule has 1 fully saturated rings. The maximum atomic E-state index is 11.1. The lowest BCUT2D eigenvalue weighted by molar-refractivity contribution is -0.158. The molecule has 0 radical (unpaired) electrons. The van der Waals surface area contributed by atoms with Gasteiger partial charge < -0.3 is 4.74 Å². The molecule has 0 aliphatic heterocycles. The first-order chi connectivity index (χ1) is 5.59. The fraction of sp³-hybridized carbons (Fsp3) is 0.900. The zero-order valence-corrected chi connectivity index (χ0v) is 8.22. The SMILES string of the molecule is CCCCOC1CC(=O)C1(C)C. The van der Waals surface area contributed by atoms with Crippen molar-refractivity contribution in [1.29, 1.82) is 0 Å². The van der Waals surface area contributed by atoms with Crippen LogP contribution in [0, 0.1) is 5.41 Å². The molecule has 12 heavy (non-hydrogen) atoms. The van der Waals surface area contributed by atoms with E-state index in [4.69, 9.17) is 4.74 Å². The highest BCUT2D eigenvalue weighted by Crippen LogP contribution is 2.38. The summed E-state index contributed by atoms with van der Waals surface area (Å²) in [5, 5.41) is 0. The molecular formula is C10H18O2. The minimum atomic E-state index is -0.215. The smallest absolute Gasteiger partial charge is 0.143 e. The summed E-state index contributed by atoms with van der Waals surface area (Å²) < 4.78 is 5.58. The van der Waals surface area contributed by atoms with Crippen molar-refractivity contribution >= 4 is 5.78 Å². The van der Waals surface area contributed by atoms with Crippen molar-refractivity contribution in [1.82, 2.24) is 0 Å². The maximum Gasteiger partial charge on any atom is 0.143 e. The molecule has 1 saturated carbocycles. The van der Waals surface area contributed by atoms with Gasteiger partial charge in [0.15, 0.2) is 0 Å². The maximum absolute atomic E-state index is 11.1. The summed E-state index contributed by atoms with van der Waals surface area (Å²) in [5.74, 6) is 0.337. The van der Waals surface area contributed by atoms with Crippen LogP contribution in [0.3, 0.4) is 0 Å². The average Bonchev–Trinajstić information content (AvgIpc) is 2.04. The van der Waals surface area contributed by atoms with Crippen LogP contribution in [0.4, 0.5) is 0 Å². The van der Waals surface area contributed by atoms with E-state index in [2.05, 4.69) is 6.92 Å². The van der Waals surface area contributed by atoms with Crippen LogP contribution in [0.15, 0.2) is 0 Å². The summed E-state index contributed by atoms with van der Waals surface area (Å²) in [6.45, 7) is 6.88. The number of carbonyl (C=O) groups is 1. The van der Waals surface area contributed by atoms with E-state index in [1.54, 1.807) is 0 Å². The molecule has 0 aromatic heterocycles. The summed E-state index contributed by atoms with van der Waals surface area (Å²) in [5.41, 5.74) is -0.215. The molecule has 2 nitrogen and oxygen atoms in total. The normalized spacial score (nSPS) is 26.9. The van der Waals surface area contributed by atoms with Gasteiger partial charge in [0, 0.05) is 13.0 Å². The fourth-order valence-corrected chi connectivity index (χ4v) is 1.37. The highest BCUT2D eigenvalue weighted by molar-refractivity contribution is 5.91. The van der Waals surface area contributed by atoms with E-state index >= 15 is 0 Å². The van der Waals surface area contributed by atoms with Crippen LogP contribution in [0.1, 0.15) is 40.0 Å². The van der Waals surface area contributed by atoms with Crippen LogP contribution in [0.25, 0.3) is 0 Å². The number of carbonyl (C=O) groups excluding carboxylic acids is 1. The van der Waals surface area contributed by atoms with Crippen LogP contribution in [0.2, 0.25) is 0 Å². The van der Waals surface area contributed by atoms with E-state index in [1.807, 2.05) is 13.8 Å². The molecule has 0 spiro atoms. The lowest BCUT2D eigenvalue weighted by atomic mass is 9.68. The van der Waals surface area contributed by atoms with Crippen LogP contribution < -0.4 is 0 Å². The molecule has 1 aliphatic carbocycles. The van der Waals surface area contributed by atoms with Gasteiger partial charge in [-0.2, -0.15) is 0 Å². The first kappa shape index (κ1) is 9.72. The third kappa shape index (κ3) is 1.69. The van der Waals surface area contributed by atoms with E-state index in [1.165, 1.54) is 0 Å². The van der Waals surface area contributed by atoms with Gasteiger partial charge in [0.2, 0.25) is 0 Å². The van der Waals surface area contributed by atoms with Crippen LogP contribution in [-0.4, -0.2) is 18.5 Å². The molecule has 0 aromatic carbocycles. The van der Waals surface area contributed by atoms with Gasteiger partial charge >= 0.3 is 0 Å².